The number of hydrogen-bond acceptors (Lipinski definition) is 4. The average Bonchev–Trinajstić information content (AvgIpc) is 2.37. The zero-order valence-corrected chi connectivity index (χ0v) is 11.7. The van der Waals surface area contributed by atoms with E-state index >= 15 is 0 Å². The average molecular weight is 259 g/mol. The van der Waals surface area contributed by atoms with Gasteiger partial charge in [0.1, 0.15) is 11.6 Å². The van der Waals surface area contributed by atoms with Crippen LogP contribution >= 0.6 is 0 Å². The molecular weight excluding hydrogens is 238 g/mol. The number of anilines is 1. The molecule has 0 atom stereocenters. The summed E-state index contributed by atoms with van der Waals surface area (Å²) in [6.07, 6.45) is 1.81. The quantitative estimate of drug-likeness (QED) is 0.865. The Bertz CT molecular complexity index is 554. The number of nitrogens with one attached hydrogen (secondary N) is 1. The number of likely N-dealkylation sites (N-methyl/N-ethyl adjacent to an activating group) is 1. The van der Waals surface area contributed by atoms with Crippen LogP contribution in [0.3, 0.4) is 0 Å². The number of rotatable bonds is 5. The van der Waals surface area contributed by atoms with Crippen molar-refractivity contribution in [1.82, 2.24) is 10.3 Å². The molecule has 2 aromatic rings. The van der Waals surface area contributed by atoms with Gasteiger partial charge >= 0.3 is 0 Å². The van der Waals surface area contributed by atoms with Crippen molar-refractivity contribution < 1.29 is 5.11 Å². The van der Waals surface area contributed by atoms with Gasteiger partial charge in [-0.1, -0.05) is 19.9 Å². The van der Waals surface area contributed by atoms with Crippen molar-refractivity contribution in [1.29, 1.82) is 0 Å². The zero-order chi connectivity index (χ0) is 13.8. The SMILES string of the molecule is CC(C)NCCN(C)c1nccc2ccc(O)cc12. The monoisotopic (exact) mass is 259 g/mol. The number of phenols is 1. The van der Waals surface area contributed by atoms with Crippen LogP contribution in [0.4, 0.5) is 5.82 Å². The van der Waals surface area contributed by atoms with Gasteiger partial charge in [0.15, 0.2) is 0 Å². The minimum absolute atomic E-state index is 0.274. The van der Waals surface area contributed by atoms with Crippen molar-refractivity contribution in [3.63, 3.8) is 0 Å². The van der Waals surface area contributed by atoms with Gasteiger partial charge in [0.05, 0.1) is 0 Å². The fraction of sp³-hybridized carbons (Fsp3) is 0.400. The molecule has 0 aliphatic carbocycles. The molecule has 0 bridgehead atoms. The molecule has 1 aromatic heterocycles. The lowest BCUT2D eigenvalue weighted by atomic mass is 10.1. The Morgan fingerprint density at radius 2 is 2.11 bits per heavy atom. The first-order valence-electron chi connectivity index (χ1n) is 6.60. The molecule has 19 heavy (non-hydrogen) atoms. The van der Waals surface area contributed by atoms with Gasteiger partial charge in [-0.2, -0.15) is 0 Å². The molecule has 0 aliphatic rings. The van der Waals surface area contributed by atoms with Gasteiger partial charge in [-0.25, -0.2) is 4.98 Å². The Labute approximate surface area is 114 Å². The van der Waals surface area contributed by atoms with Crippen LogP contribution in [0.1, 0.15) is 13.8 Å². The Balaban J connectivity index is 2.21. The summed E-state index contributed by atoms with van der Waals surface area (Å²) in [7, 11) is 2.02. The maximum atomic E-state index is 9.63. The number of benzene rings is 1. The molecule has 1 aromatic carbocycles. The van der Waals surface area contributed by atoms with Crippen LogP contribution in [0.25, 0.3) is 10.8 Å². The van der Waals surface area contributed by atoms with Crippen LogP contribution in [-0.2, 0) is 0 Å². The van der Waals surface area contributed by atoms with Crippen LogP contribution in [0.5, 0.6) is 5.75 Å². The van der Waals surface area contributed by atoms with E-state index in [1.165, 1.54) is 0 Å². The van der Waals surface area contributed by atoms with Gasteiger partial charge in [0.25, 0.3) is 0 Å². The van der Waals surface area contributed by atoms with E-state index in [0.29, 0.717) is 6.04 Å². The Hall–Kier alpha value is -1.81. The molecule has 0 saturated carbocycles. The lowest BCUT2D eigenvalue weighted by molar-refractivity contribution is 0.476. The molecular formula is C15H21N3O. The molecule has 0 fully saturated rings. The predicted molar refractivity (Wildman–Crippen MR) is 79.8 cm³/mol. The predicted octanol–water partition coefficient (Wildman–Crippen LogP) is 2.37. The van der Waals surface area contributed by atoms with Crippen molar-refractivity contribution in [2.24, 2.45) is 0 Å². The lowest BCUT2D eigenvalue weighted by Crippen LogP contribution is -2.33. The number of nitrogens with zero attached hydrogens (tertiary/aromatic N) is 2. The third-order valence-electron chi connectivity index (χ3n) is 3.09. The molecule has 0 saturated heterocycles. The second-order valence-electron chi connectivity index (χ2n) is 5.07. The maximum Gasteiger partial charge on any atom is 0.136 e. The molecule has 2 N–H and O–H groups in total. The number of pyridine rings is 1. The summed E-state index contributed by atoms with van der Waals surface area (Å²) >= 11 is 0. The van der Waals surface area contributed by atoms with Crippen LogP contribution in [0.2, 0.25) is 0 Å². The van der Waals surface area contributed by atoms with Gasteiger partial charge in [-0.15, -0.1) is 0 Å². The standard InChI is InChI=1S/C15H21N3O/c1-11(2)16-8-9-18(3)15-14-10-13(19)5-4-12(14)6-7-17-15/h4-7,10-11,16,19H,8-9H2,1-3H3. The molecule has 4 nitrogen and oxygen atoms in total. The van der Waals surface area contributed by atoms with Gasteiger partial charge in [0.2, 0.25) is 0 Å². The van der Waals surface area contributed by atoms with Crippen molar-refractivity contribution in [2.75, 3.05) is 25.0 Å². The first-order chi connectivity index (χ1) is 9.08. The first kappa shape index (κ1) is 13.6. The Morgan fingerprint density at radius 1 is 1.32 bits per heavy atom. The maximum absolute atomic E-state index is 9.63. The van der Waals surface area contributed by atoms with Gasteiger partial charge in [-0.05, 0) is 23.6 Å². The van der Waals surface area contributed by atoms with Gasteiger partial charge in [0, 0.05) is 37.8 Å². The first-order valence-corrected chi connectivity index (χ1v) is 6.60. The van der Waals surface area contributed by atoms with E-state index in [-0.39, 0.29) is 5.75 Å². The normalized spacial score (nSPS) is 11.2. The lowest BCUT2D eigenvalue weighted by Gasteiger charge is -2.21. The molecule has 102 valence electrons. The van der Waals surface area contributed by atoms with Crippen LogP contribution in [0.15, 0.2) is 30.5 Å². The minimum Gasteiger partial charge on any atom is -0.508 e. The fourth-order valence-electron chi connectivity index (χ4n) is 2.07. The van der Waals surface area contributed by atoms with E-state index in [1.54, 1.807) is 18.3 Å². The molecule has 2 rings (SSSR count). The van der Waals surface area contributed by atoms with Crippen molar-refractivity contribution in [2.45, 2.75) is 19.9 Å². The van der Waals surface area contributed by atoms with Crippen LogP contribution < -0.4 is 10.2 Å². The fourth-order valence-corrected chi connectivity index (χ4v) is 2.07. The highest BCUT2D eigenvalue weighted by molar-refractivity contribution is 5.93. The Morgan fingerprint density at radius 3 is 2.84 bits per heavy atom. The third-order valence-corrected chi connectivity index (χ3v) is 3.09. The molecule has 0 amide bonds. The summed E-state index contributed by atoms with van der Waals surface area (Å²) in [4.78, 5) is 6.54. The molecule has 4 heteroatoms. The summed E-state index contributed by atoms with van der Waals surface area (Å²) in [5, 5.41) is 15.1. The van der Waals surface area contributed by atoms with E-state index in [4.69, 9.17) is 0 Å². The summed E-state index contributed by atoms with van der Waals surface area (Å²) in [5.74, 6) is 1.18. The summed E-state index contributed by atoms with van der Waals surface area (Å²) in [5.41, 5.74) is 0. The highest BCUT2D eigenvalue weighted by Crippen LogP contribution is 2.26. The molecule has 0 aliphatic heterocycles. The van der Waals surface area contributed by atoms with Gasteiger partial charge in [-0.3, -0.25) is 0 Å². The van der Waals surface area contributed by atoms with Gasteiger partial charge < -0.3 is 15.3 Å². The van der Waals surface area contributed by atoms with E-state index in [0.717, 1.165) is 29.7 Å². The minimum atomic E-state index is 0.274. The van der Waals surface area contributed by atoms with E-state index in [9.17, 15) is 5.11 Å². The van der Waals surface area contributed by atoms with E-state index in [1.807, 2.05) is 19.2 Å². The largest absolute Gasteiger partial charge is 0.508 e. The Kier molecular flexibility index (Phi) is 4.22. The van der Waals surface area contributed by atoms with E-state index in [2.05, 4.69) is 29.0 Å². The zero-order valence-electron chi connectivity index (χ0n) is 11.7. The second kappa shape index (κ2) is 5.89. The highest BCUT2D eigenvalue weighted by atomic mass is 16.3. The topological polar surface area (TPSA) is 48.4 Å². The van der Waals surface area contributed by atoms with Crippen molar-refractivity contribution in [3.05, 3.63) is 30.5 Å². The molecule has 1 heterocycles. The summed E-state index contributed by atoms with van der Waals surface area (Å²) < 4.78 is 0. The van der Waals surface area contributed by atoms with E-state index < -0.39 is 0 Å². The molecule has 0 radical (unpaired) electrons. The van der Waals surface area contributed by atoms with Crippen LogP contribution in [-0.4, -0.2) is 36.3 Å². The number of fused-ring (bicyclic) bond motifs is 1. The molecule has 0 unspecified atom stereocenters. The number of aromatic hydroxyl groups is 1. The van der Waals surface area contributed by atoms with Crippen LogP contribution in [0, 0.1) is 0 Å². The smallest absolute Gasteiger partial charge is 0.136 e. The second-order valence-corrected chi connectivity index (χ2v) is 5.07. The third kappa shape index (κ3) is 3.35. The number of aromatic nitrogens is 1. The van der Waals surface area contributed by atoms with Crippen molar-refractivity contribution in [3.8, 4) is 5.75 Å². The summed E-state index contributed by atoms with van der Waals surface area (Å²) in [6.45, 7) is 6.05. The summed E-state index contributed by atoms with van der Waals surface area (Å²) in [6, 6.07) is 7.82. The molecule has 0 spiro atoms. The number of phenolic OH excluding ortho intramolecular Hbond substituents is 1. The highest BCUT2D eigenvalue weighted by Gasteiger charge is 2.08. The number of hydrogen-bond donors (Lipinski definition) is 2. The van der Waals surface area contributed by atoms with Crippen molar-refractivity contribution >= 4 is 16.6 Å².